The van der Waals surface area contributed by atoms with Crippen LogP contribution in [0.25, 0.3) is 15.2 Å². The molecule has 1 aliphatic carbocycles. The van der Waals surface area contributed by atoms with Crippen molar-refractivity contribution in [1.29, 1.82) is 0 Å². The number of rotatable bonds is 7. The molecule has 1 amide bonds. The van der Waals surface area contributed by atoms with Gasteiger partial charge in [0.1, 0.15) is 32.7 Å². The maximum Gasteiger partial charge on any atom is 0.333 e. The van der Waals surface area contributed by atoms with E-state index in [2.05, 4.69) is 5.10 Å². The molecule has 4 heterocycles. The summed E-state index contributed by atoms with van der Waals surface area (Å²) in [6, 6.07) is 6.03. The molecule has 1 saturated carbocycles. The van der Waals surface area contributed by atoms with Crippen LogP contribution in [0.2, 0.25) is 0 Å². The van der Waals surface area contributed by atoms with Crippen molar-refractivity contribution in [2.24, 2.45) is 0 Å². The van der Waals surface area contributed by atoms with E-state index in [0.717, 1.165) is 17.4 Å². The van der Waals surface area contributed by atoms with Crippen molar-refractivity contribution in [3.05, 3.63) is 74.4 Å². The minimum absolute atomic E-state index is 0.155. The van der Waals surface area contributed by atoms with E-state index in [1.165, 1.54) is 35.1 Å². The van der Waals surface area contributed by atoms with Crippen LogP contribution in [0.4, 0.5) is 4.39 Å². The van der Waals surface area contributed by atoms with E-state index in [1.54, 1.807) is 48.0 Å². The van der Waals surface area contributed by atoms with Crippen molar-refractivity contribution < 1.29 is 23.8 Å². The molecule has 4 aromatic rings. The Bertz CT molecular complexity index is 1840. The number of ketones is 1. The van der Waals surface area contributed by atoms with Crippen molar-refractivity contribution >= 4 is 33.2 Å². The molecule has 1 aliphatic heterocycles. The van der Waals surface area contributed by atoms with Crippen molar-refractivity contribution in [2.75, 3.05) is 20.2 Å². The summed E-state index contributed by atoms with van der Waals surface area (Å²) in [7, 11) is 1.51. The van der Waals surface area contributed by atoms with Gasteiger partial charge in [-0.05, 0) is 82.7 Å². The molecule has 3 aromatic heterocycles. The van der Waals surface area contributed by atoms with Crippen molar-refractivity contribution in [3.8, 4) is 10.8 Å². The van der Waals surface area contributed by atoms with Gasteiger partial charge in [-0.3, -0.25) is 19.0 Å². The summed E-state index contributed by atoms with van der Waals surface area (Å²) in [5.41, 5.74) is -1.21. The minimum atomic E-state index is -1.40. The number of aliphatic hydroxyl groups is 1. The Morgan fingerprint density at radius 2 is 1.85 bits per heavy atom. The maximum absolute atomic E-state index is 14.1. The first-order valence-corrected chi connectivity index (χ1v) is 16.4. The van der Waals surface area contributed by atoms with Gasteiger partial charge in [-0.2, -0.15) is 5.10 Å². The SMILES string of the molecule is COc1ccc(F)cc1CCn1c(=O)n(C(C)(C)C(=O)N2CCCC2)c(=O)c2c(C)c(-n3cccn3)sc21.O=C1CCC(O)CC1. The molecule has 0 unspecified atom stereocenters. The fourth-order valence-electron chi connectivity index (χ4n) is 6.13. The predicted octanol–water partition coefficient (Wildman–Crippen LogP) is 3.96. The number of carbonyl (C=O) groups excluding carboxylic acids is 2. The second kappa shape index (κ2) is 13.7. The van der Waals surface area contributed by atoms with Gasteiger partial charge >= 0.3 is 5.69 Å². The molecular formula is C33H40FN5O6S. The average Bonchev–Trinajstić information content (AvgIpc) is 3.81. The number of thiophene rings is 1. The lowest BCUT2D eigenvalue weighted by molar-refractivity contribution is -0.138. The number of aromatic nitrogens is 4. The molecule has 0 spiro atoms. The van der Waals surface area contributed by atoms with Gasteiger partial charge in [0.2, 0.25) is 5.91 Å². The zero-order chi connectivity index (χ0) is 33.2. The summed E-state index contributed by atoms with van der Waals surface area (Å²) in [6.07, 6.45) is 7.81. The summed E-state index contributed by atoms with van der Waals surface area (Å²) >= 11 is 1.29. The second-order valence-corrected chi connectivity index (χ2v) is 13.2. The highest BCUT2D eigenvalue weighted by molar-refractivity contribution is 7.21. The van der Waals surface area contributed by atoms with Crippen molar-refractivity contribution in [2.45, 2.75) is 83.9 Å². The van der Waals surface area contributed by atoms with Crippen LogP contribution in [0, 0.1) is 12.7 Å². The van der Waals surface area contributed by atoms with Gasteiger partial charge in [-0.15, -0.1) is 0 Å². The fraction of sp³-hybridized carbons (Fsp3) is 0.485. The third kappa shape index (κ3) is 6.57. The number of hydrogen-bond donors (Lipinski definition) is 1. The van der Waals surface area contributed by atoms with Crippen LogP contribution in [-0.2, 0) is 28.1 Å². The molecule has 13 heteroatoms. The number of likely N-dealkylation sites (tertiary alicyclic amines) is 1. The lowest BCUT2D eigenvalue weighted by Crippen LogP contribution is -2.56. The Kier molecular flexibility index (Phi) is 9.92. The Labute approximate surface area is 269 Å². The molecule has 6 rings (SSSR count). The number of nitrogens with zero attached hydrogens (tertiary/aromatic N) is 5. The number of amides is 1. The lowest BCUT2D eigenvalue weighted by atomic mass is 9.97. The van der Waals surface area contributed by atoms with Gasteiger partial charge in [0.25, 0.3) is 5.56 Å². The van der Waals surface area contributed by atoms with E-state index >= 15 is 0 Å². The molecule has 246 valence electrons. The molecule has 1 saturated heterocycles. The molecule has 11 nitrogen and oxygen atoms in total. The van der Waals surface area contributed by atoms with Crippen molar-refractivity contribution in [1.82, 2.24) is 23.8 Å². The van der Waals surface area contributed by atoms with Gasteiger partial charge in [-0.25, -0.2) is 18.4 Å². The number of benzene rings is 1. The summed E-state index contributed by atoms with van der Waals surface area (Å²) in [5.74, 6) is 0.143. The molecule has 2 fully saturated rings. The molecule has 0 radical (unpaired) electrons. The third-order valence-corrected chi connectivity index (χ3v) is 10.0. The van der Waals surface area contributed by atoms with Crippen LogP contribution in [0.5, 0.6) is 5.75 Å². The average molecular weight is 654 g/mol. The molecule has 46 heavy (non-hydrogen) atoms. The van der Waals surface area contributed by atoms with E-state index in [-0.39, 0.29) is 25.0 Å². The first-order valence-electron chi connectivity index (χ1n) is 15.5. The highest BCUT2D eigenvalue weighted by Gasteiger charge is 2.39. The highest BCUT2D eigenvalue weighted by atomic mass is 32.1. The topological polar surface area (TPSA) is 129 Å². The highest BCUT2D eigenvalue weighted by Crippen LogP contribution is 2.32. The molecule has 1 N–H and O–H groups in total. The van der Waals surface area contributed by atoms with Crippen LogP contribution in [0.1, 0.15) is 63.5 Å². The van der Waals surface area contributed by atoms with Gasteiger partial charge in [0, 0.05) is 50.4 Å². The van der Waals surface area contributed by atoms with E-state index in [9.17, 15) is 23.6 Å². The Morgan fingerprint density at radius 3 is 2.46 bits per heavy atom. The molecule has 2 aliphatic rings. The third-order valence-electron chi connectivity index (χ3n) is 8.74. The van der Waals surface area contributed by atoms with Gasteiger partial charge in [0.15, 0.2) is 0 Å². The summed E-state index contributed by atoms with van der Waals surface area (Å²) in [5, 5.41) is 14.3. The fourth-order valence-corrected chi connectivity index (χ4v) is 7.40. The van der Waals surface area contributed by atoms with Gasteiger partial charge in [-0.1, -0.05) is 11.3 Å². The number of methoxy groups -OCH3 is 1. The maximum atomic E-state index is 14.1. The first kappa shape index (κ1) is 33.3. The van der Waals surface area contributed by atoms with Crippen LogP contribution >= 0.6 is 11.3 Å². The zero-order valence-electron chi connectivity index (χ0n) is 26.6. The number of fused-ring (bicyclic) bond motifs is 1. The normalized spacial score (nSPS) is 15.7. The Hall–Kier alpha value is -4.10. The molecule has 0 atom stereocenters. The number of aryl methyl sites for hydroxylation is 3. The van der Waals surface area contributed by atoms with Crippen LogP contribution < -0.4 is 16.0 Å². The number of aliphatic hydroxyl groups excluding tert-OH is 1. The predicted molar refractivity (Wildman–Crippen MR) is 173 cm³/mol. The Balaban J connectivity index is 0.000000455. The lowest BCUT2D eigenvalue weighted by Gasteiger charge is -2.31. The summed E-state index contributed by atoms with van der Waals surface area (Å²) < 4.78 is 23.7. The number of hydrogen-bond acceptors (Lipinski definition) is 8. The van der Waals surface area contributed by atoms with Crippen LogP contribution in [0.3, 0.4) is 0 Å². The quantitative estimate of drug-likeness (QED) is 0.320. The number of ether oxygens (including phenoxy) is 1. The van der Waals surface area contributed by atoms with Gasteiger partial charge in [0.05, 0.1) is 18.6 Å². The molecule has 0 bridgehead atoms. The standard InChI is InChI=1S/C27H30FN5O4S.C6H10O2/c1-17-21-22(34)33(27(2,3)25(35)30-12-5-6-13-30)26(36)31(24(21)38-23(17)32-14-7-11-29-32)15-10-18-16-19(28)8-9-20(18)37-4;7-5-1-2-6(8)4-3-5/h7-9,11,14,16H,5-6,10,12-13,15H2,1-4H3;5,7H,1-4H2. The Morgan fingerprint density at radius 1 is 1.15 bits per heavy atom. The van der Waals surface area contributed by atoms with Crippen molar-refractivity contribution in [3.63, 3.8) is 0 Å². The molecule has 1 aromatic carbocycles. The van der Waals surface area contributed by atoms with E-state index in [0.29, 0.717) is 76.7 Å². The number of carbonyl (C=O) groups is 2. The largest absolute Gasteiger partial charge is 0.496 e. The minimum Gasteiger partial charge on any atom is -0.496 e. The van der Waals surface area contributed by atoms with E-state index in [4.69, 9.17) is 9.84 Å². The van der Waals surface area contributed by atoms with Gasteiger partial charge < -0.3 is 14.7 Å². The number of halogens is 1. The monoisotopic (exact) mass is 653 g/mol. The summed E-state index contributed by atoms with van der Waals surface area (Å²) in [4.78, 5) is 54.3. The summed E-state index contributed by atoms with van der Waals surface area (Å²) in [6.45, 7) is 6.43. The van der Waals surface area contributed by atoms with E-state index in [1.807, 2.05) is 6.92 Å². The zero-order valence-corrected chi connectivity index (χ0v) is 27.4. The number of Topliss-reactive ketones (excluding diaryl/α,β-unsaturated/α-hetero) is 1. The smallest absolute Gasteiger partial charge is 0.333 e. The van der Waals surface area contributed by atoms with E-state index < -0.39 is 22.6 Å². The first-order chi connectivity index (χ1) is 21.9. The van der Waals surface area contributed by atoms with Crippen LogP contribution in [0.15, 0.2) is 46.2 Å². The van der Waals surface area contributed by atoms with Crippen LogP contribution in [-0.4, -0.2) is 66.9 Å². The second-order valence-electron chi connectivity index (χ2n) is 12.3. The molecular weight excluding hydrogens is 613 g/mol.